The summed E-state index contributed by atoms with van der Waals surface area (Å²) >= 11 is 2.93. The normalized spacial score (nSPS) is 10.6. The molecule has 1 rings (SSSR count). The van der Waals surface area contributed by atoms with Gasteiger partial charge in [-0.25, -0.2) is 0 Å². The number of hydrogen-bond donors (Lipinski definition) is 1. The maximum absolute atomic E-state index is 11.3. The monoisotopic (exact) mass is 231 g/mol. The Hall–Kier alpha value is -0.620. The van der Waals surface area contributed by atoms with E-state index in [9.17, 15) is 4.79 Å². The Labute approximate surface area is 91.5 Å². The van der Waals surface area contributed by atoms with Gasteiger partial charge in [0.15, 0.2) is 4.34 Å². The van der Waals surface area contributed by atoms with E-state index in [1.807, 2.05) is 20.8 Å². The van der Waals surface area contributed by atoms with E-state index in [0.717, 1.165) is 9.35 Å². The lowest BCUT2D eigenvalue weighted by molar-refractivity contribution is -0.119. The molecule has 6 heteroatoms. The molecular formula is C8H13N3OS2. The molecule has 0 bridgehead atoms. The van der Waals surface area contributed by atoms with E-state index in [1.54, 1.807) is 0 Å². The van der Waals surface area contributed by atoms with Crippen LogP contribution < -0.4 is 5.32 Å². The summed E-state index contributed by atoms with van der Waals surface area (Å²) in [5.41, 5.74) is 0. The number of carbonyl (C=O) groups is 1. The maximum atomic E-state index is 11.3. The van der Waals surface area contributed by atoms with Gasteiger partial charge in [0, 0.05) is 6.04 Å². The number of nitrogens with one attached hydrogen (secondary N) is 1. The summed E-state index contributed by atoms with van der Waals surface area (Å²) in [5.74, 6) is 0.449. The quantitative estimate of drug-likeness (QED) is 0.797. The highest BCUT2D eigenvalue weighted by Crippen LogP contribution is 2.21. The Morgan fingerprint density at radius 3 is 2.79 bits per heavy atom. The van der Waals surface area contributed by atoms with Crippen LogP contribution in [-0.4, -0.2) is 27.9 Å². The van der Waals surface area contributed by atoms with Crippen molar-refractivity contribution in [2.75, 3.05) is 5.75 Å². The summed E-state index contributed by atoms with van der Waals surface area (Å²) in [6.07, 6.45) is 0. The van der Waals surface area contributed by atoms with Crippen molar-refractivity contribution in [1.82, 2.24) is 15.5 Å². The number of carbonyl (C=O) groups excluding carboxylic acids is 1. The van der Waals surface area contributed by atoms with E-state index in [4.69, 9.17) is 0 Å². The van der Waals surface area contributed by atoms with Crippen LogP contribution in [0.4, 0.5) is 0 Å². The topological polar surface area (TPSA) is 54.9 Å². The number of rotatable bonds is 4. The molecule has 0 aromatic carbocycles. The molecule has 0 fully saturated rings. The van der Waals surface area contributed by atoms with Gasteiger partial charge >= 0.3 is 0 Å². The molecule has 0 unspecified atom stereocenters. The lowest BCUT2D eigenvalue weighted by Crippen LogP contribution is -2.31. The number of hydrogen-bond acceptors (Lipinski definition) is 5. The van der Waals surface area contributed by atoms with Crippen molar-refractivity contribution in [3.63, 3.8) is 0 Å². The summed E-state index contributed by atoms with van der Waals surface area (Å²) in [6.45, 7) is 5.78. The predicted octanol–water partition coefficient (Wildman–Crippen LogP) is 1.46. The molecule has 0 aliphatic carbocycles. The Kier molecular flexibility index (Phi) is 4.34. The number of nitrogens with zero attached hydrogens (tertiary/aromatic N) is 2. The first kappa shape index (κ1) is 11.5. The summed E-state index contributed by atoms with van der Waals surface area (Å²) in [6, 6.07) is 0.194. The van der Waals surface area contributed by atoms with Gasteiger partial charge in [0.25, 0.3) is 0 Å². The average molecular weight is 231 g/mol. The van der Waals surface area contributed by atoms with Crippen LogP contribution in [0.1, 0.15) is 18.9 Å². The van der Waals surface area contributed by atoms with E-state index in [0.29, 0.717) is 5.75 Å². The third kappa shape index (κ3) is 4.06. The highest BCUT2D eigenvalue weighted by Gasteiger charge is 2.06. The zero-order chi connectivity index (χ0) is 10.6. The first-order valence-electron chi connectivity index (χ1n) is 4.30. The molecule has 1 heterocycles. The second-order valence-corrected chi connectivity index (χ2v) is 5.50. The van der Waals surface area contributed by atoms with Crippen LogP contribution in [0.3, 0.4) is 0 Å². The molecule has 1 N–H and O–H groups in total. The van der Waals surface area contributed by atoms with Gasteiger partial charge in [-0.2, -0.15) is 0 Å². The molecule has 0 saturated heterocycles. The smallest absolute Gasteiger partial charge is 0.230 e. The Bertz CT molecular complexity index is 311. The third-order valence-corrected chi connectivity index (χ3v) is 3.26. The van der Waals surface area contributed by atoms with Gasteiger partial charge in [-0.05, 0) is 20.8 Å². The van der Waals surface area contributed by atoms with Gasteiger partial charge in [0.05, 0.1) is 5.75 Å². The zero-order valence-corrected chi connectivity index (χ0v) is 10.0. The predicted molar refractivity (Wildman–Crippen MR) is 58.6 cm³/mol. The van der Waals surface area contributed by atoms with E-state index in [2.05, 4.69) is 15.5 Å². The van der Waals surface area contributed by atoms with Gasteiger partial charge in [-0.15, -0.1) is 10.2 Å². The van der Waals surface area contributed by atoms with Crippen LogP contribution in [0.2, 0.25) is 0 Å². The van der Waals surface area contributed by atoms with Gasteiger partial charge in [0.1, 0.15) is 5.01 Å². The highest BCUT2D eigenvalue weighted by atomic mass is 32.2. The molecule has 0 spiro atoms. The lowest BCUT2D eigenvalue weighted by atomic mass is 10.4. The minimum Gasteiger partial charge on any atom is -0.353 e. The molecule has 1 aromatic heterocycles. The fraction of sp³-hybridized carbons (Fsp3) is 0.625. The van der Waals surface area contributed by atoms with Crippen molar-refractivity contribution < 1.29 is 4.79 Å². The molecule has 4 nitrogen and oxygen atoms in total. The second-order valence-electron chi connectivity index (χ2n) is 3.10. The van der Waals surface area contributed by atoms with E-state index < -0.39 is 0 Å². The van der Waals surface area contributed by atoms with E-state index in [-0.39, 0.29) is 11.9 Å². The van der Waals surface area contributed by atoms with Gasteiger partial charge < -0.3 is 5.32 Å². The lowest BCUT2D eigenvalue weighted by Gasteiger charge is -2.06. The largest absolute Gasteiger partial charge is 0.353 e. The SMILES string of the molecule is Cc1nnc(SCC(=O)NC(C)C)s1. The van der Waals surface area contributed by atoms with Crippen LogP contribution in [0, 0.1) is 6.92 Å². The van der Waals surface area contributed by atoms with Gasteiger partial charge in [-0.3, -0.25) is 4.79 Å². The zero-order valence-electron chi connectivity index (χ0n) is 8.40. The Morgan fingerprint density at radius 1 is 1.57 bits per heavy atom. The average Bonchev–Trinajstić information content (AvgIpc) is 2.47. The van der Waals surface area contributed by atoms with Crippen molar-refractivity contribution in [3.8, 4) is 0 Å². The van der Waals surface area contributed by atoms with E-state index >= 15 is 0 Å². The minimum absolute atomic E-state index is 0.0397. The van der Waals surface area contributed by atoms with Crippen LogP contribution in [0.5, 0.6) is 0 Å². The molecule has 0 aliphatic heterocycles. The fourth-order valence-corrected chi connectivity index (χ4v) is 2.45. The van der Waals surface area contributed by atoms with Crippen molar-refractivity contribution >= 4 is 29.0 Å². The molecule has 0 radical (unpaired) electrons. The van der Waals surface area contributed by atoms with Crippen LogP contribution in [-0.2, 0) is 4.79 Å². The number of amides is 1. The second kappa shape index (κ2) is 5.31. The van der Waals surface area contributed by atoms with Crippen LogP contribution in [0.15, 0.2) is 4.34 Å². The van der Waals surface area contributed by atoms with Crippen LogP contribution >= 0.6 is 23.1 Å². The minimum atomic E-state index is 0.0397. The first-order valence-corrected chi connectivity index (χ1v) is 6.10. The van der Waals surface area contributed by atoms with Crippen molar-refractivity contribution in [2.45, 2.75) is 31.2 Å². The summed E-state index contributed by atoms with van der Waals surface area (Å²) in [7, 11) is 0. The fourth-order valence-electron chi connectivity index (χ4n) is 0.828. The van der Waals surface area contributed by atoms with E-state index in [1.165, 1.54) is 23.1 Å². The standard InChI is InChI=1S/C8H13N3OS2/c1-5(2)9-7(12)4-13-8-11-10-6(3)14-8/h5H,4H2,1-3H3,(H,9,12). The van der Waals surface area contributed by atoms with Crippen LogP contribution in [0.25, 0.3) is 0 Å². The Balaban J connectivity index is 2.30. The maximum Gasteiger partial charge on any atom is 0.230 e. The molecule has 78 valence electrons. The molecule has 14 heavy (non-hydrogen) atoms. The van der Waals surface area contributed by atoms with Gasteiger partial charge in [-0.1, -0.05) is 23.1 Å². The first-order chi connectivity index (χ1) is 6.58. The Morgan fingerprint density at radius 2 is 2.29 bits per heavy atom. The number of thioether (sulfide) groups is 1. The van der Waals surface area contributed by atoms with Crippen molar-refractivity contribution in [1.29, 1.82) is 0 Å². The molecular weight excluding hydrogens is 218 g/mol. The summed E-state index contributed by atoms with van der Waals surface area (Å²) < 4.78 is 0.849. The molecule has 1 aromatic rings. The number of aromatic nitrogens is 2. The number of aryl methyl sites for hydroxylation is 1. The third-order valence-electron chi connectivity index (χ3n) is 1.28. The summed E-state index contributed by atoms with van der Waals surface area (Å²) in [4.78, 5) is 11.3. The molecule has 0 aliphatic rings. The molecule has 0 atom stereocenters. The van der Waals surface area contributed by atoms with Crippen molar-refractivity contribution in [2.24, 2.45) is 0 Å². The molecule has 1 amide bonds. The molecule has 0 saturated carbocycles. The summed E-state index contributed by atoms with van der Waals surface area (Å²) in [5, 5.41) is 11.5. The van der Waals surface area contributed by atoms with Crippen molar-refractivity contribution in [3.05, 3.63) is 5.01 Å². The van der Waals surface area contributed by atoms with Gasteiger partial charge in [0.2, 0.25) is 5.91 Å². The highest BCUT2D eigenvalue weighted by molar-refractivity contribution is 8.01.